The maximum Gasteiger partial charge on any atom is 0.243 e. The van der Waals surface area contributed by atoms with Crippen LogP contribution < -0.4 is 0 Å². The molecule has 0 saturated carbocycles. The van der Waals surface area contributed by atoms with Crippen molar-refractivity contribution in [3.8, 4) is 0 Å². The summed E-state index contributed by atoms with van der Waals surface area (Å²) in [6.07, 6.45) is 0. The van der Waals surface area contributed by atoms with Gasteiger partial charge in [0, 0.05) is 25.6 Å². The molecule has 4 nitrogen and oxygen atoms in total. The number of hydrogen-bond donors (Lipinski definition) is 0. The van der Waals surface area contributed by atoms with E-state index in [2.05, 4.69) is 0 Å². The molecule has 0 atom stereocenters. The second-order valence-electron chi connectivity index (χ2n) is 4.59. The van der Waals surface area contributed by atoms with Gasteiger partial charge in [0.2, 0.25) is 10.0 Å². The van der Waals surface area contributed by atoms with Crippen LogP contribution in [0.1, 0.15) is 19.4 Å². The van der Waals surface area contributed by atoms with Crippen LogP contribution in [0.3, 0.4) is 0 Å². The molecule has 0 aliphatic carbocycles. The Morgan fingerprint density at radius 3 is 2.55 bits per heavy atom. The van der Waals surface area contributed by atoms with Gasteiger partial charge in [-0.3, -0.25) is 0 Å². The normalized spacial score (nSPS) is 12.3. The van der Waals surface area contributed by atoms with Gasteiger partial charge in [-0.25, -0.2) is 12.8 Å². The van der Waals surface area contributed by atoms with Crippen molar-refractivity contribution < 1.29 is 17.5 Å². The van der Waals surface area contributed by atoms with E-state index in [-0.39, 0.29) is 30.0 Å². The van der Waals surface area contributed by atoms with Crippen LogP contribution in [0.2, 0.25) is 0 Å². The maximum atomic E-state index is 13.4. The van der Waals surface area contributed by atoms with Crippen molar-refractivity contribution >= 4 is 21.6 Å². The van der Waals surface area contributed by atoms with Crippen LogP contribution in [0.25, 0.3) is 0 Å². The van der Waals surface area contributed by atoms with E-state index in [1.165, 1.54) is 23.5 Å². The fourth-order valence-corrected chi connectivity index (χ4v) is 4.01. The van der Waals surface area contributed by atoms with Crippen LogP contribution in [0.15, 0.2) is 23.1 Å². The molecule has 0 amide bonds. The molecule has 0 heterocycles. The summed E-state index contributed by atoms with van der Waals surface area (Å²) in [5, 5.41) is 0. The third kappa shape index (κ3) is 3.91. The van der Waals surface area contributed by atoms with E-state index in [0.717, 1.165) is 6.07 Å². The Morgan fingerprint density at radius 2 is 2.05 bits per heavy atom. The van der Waals surface area contributed by atoms with Crippen molar-refractivity contribution in [2.45, 2.75) is 30.7 Å². The Kier molecular flexibility index (Phi) is 6.39. The summed E-state index contributed by atoms with van der Waals surface area (Å²) in [6, 6.07) is 3.34. The Balaban J connectivity index is 3.28. The Hall–Kier alpha value is -0.690. The Morgan fingerprint density at radius 1 is 1.40 bits per heavy atom. The van der Waals surface area contributed by atoms with E-state index in [4.69, 9.17) is 16.3 Å². The second kappa shape index (κ2) is 7.36. The first-order valence-electron chi connectivity index (χ1n) is 6.19. The predicted octanol–water partition coefficient (Wildman–Crippen LogP) is 2.61. The first-order chi connectivity index (χ1) is 9.34. The van der Waals surface area contributed by atoms with E-state index in [9.17, 15) is 12.8 Å². The van der Waals surface area contributed by atoms with Gasteiger partial charge in [0.25, 0.3) is 0 Å². The highest BCUT2D eigenvalue weighted by Gasteiger charge is 2.29. The topological polar surface area (TPSA) is 46.6 Å². The van der Waals surface area contributed by atoms with Crippen LogP contribution in [-0.2, 0) is 20.6 Å². The molecule has 0 spiro atoms. The monoisotopic (exact) mass is 323 g/mol. The first-order valence-corrected chi connectivity index (χ1v) is 8.17. The fourth-order valence-electron chi connectivity index (χ4n) is 1.84. The summed E-state index contributed by atoms with van der Waals surface area (Å²) in [5.41, 5.74) is 0.385. The van der Waals surface area contributed by atoms with Gasteiger partial charge in [-0.2, -0.15) is 4.31 Å². The van der Waals surface area contributed by atoms with Gasteiger partial charge in [0.1, 0.15) is 5.82 Å². The zero-order chi connectivity index (χ0) is 15.3. The molecule has 0 aliphatic rings. The molecule has 0 saturated heterocycles. The highest BCUT2D eigenvalue weighted by Crippen LogP contribution is 2.24. The summed E-state index contributed by atoms with van der Waals surface area (Å²) >= 11 is 5.75. The quantitative estimate of drug-likeness (QED) is 0.725. The average molecular weight is 324 g/mol. The third-order valence-corrected chi connectivity index (χ3v) is 5.30. The number of ether oxygens (including phenoxy) is 1. The lowest BCUT2D eigenvalue weighted by molar-refractivity contribution is 0.171. The van der Waals surface area contributed by atoms with Crippen molar-refractivity contribution in [1.82, 2.24) is 4.31 Å². The summed E-state index contributed by atoms with van der Waals surface area (Å²) in [4.78, 5) is -0.0858. The van der Waals surface area contributed by atoms with E-state index < -0.39 is 15.8 Å². The minimum Gasteiger partial charge on any atom is -0.383 e. The molecule has 0 N–H and O–H groups in total. The summed E-state index contributed by atoms with van der Waals surface area (Å²) in [7, 11) is -2.31. The van der Waals surface area contributed by atoms with Crippen LogP contribution in [0.5, 0.6) is 0 Å². The molecule has 20 heavy (non-hydrogen) atoms. The van der Waals surface area contributed by atoms with Crippen molar-refractivity contribution in [2.75, 3.05) is 20.3 Å². The molecule has 0 fully saturated rings. The number of methoxy groups -OCH3 is 1. The van der Waals surface area contributed by atoms with E-state index in [0.29, 0.717) is 5.56 Å². The number of rotatable bonds is 7. The standard InChI is InChI=1S/C13H19ClFNO3S/c1-10(2)16(6-7-19-3)20(17,18)13-8-12(15)5-4-11(13)9-14/h4-5,8,10H,6-7,9H2,1-3H3. The van der Waals surface area contributed by atoms with Gasteiger partial charge in [-0.1, -0.05) is 6.07 Å². The molecule has 0 aromatic heterocycles. The van der Waals surface area contributed by atoms with Crippen LogP contribution in [-0.4, -0.2) is 39.0 Å². The van der Waals surface area contributed by atoms with E-state index in [1.807, 2.05) is 0 Å². The molecule has 7 heteroatoms. The fraction of sp³-hybridized carbons (Fsp3) is 0.538. The predicted molar refractivity (Wildman–Crippen MR) is 76.9 cm³/mol. The lowest BCUT2D eigenvalue weighted by atomic mass is 10.2. The van der Waals surface area contributed by atoms with Crippen molar-refractivity contribution in [3.05, 3.63) is 29.6 Å². The Labute approximate surface area is 124 Å². The molecule has 1 rings (SSSR count). The van der Waals surface area contributed by atoms with Gasteiger partial charge in [0.05, 0.1) is 11.5 Å². The third-order valence-electron chi connectivity index (χ3n) is 2.85. The number of sulfonamides is 1. The average Bonchev–Trinajstić information content (AvgIpc) is 2.38. The molecule has 0 radical (unpaired) electrons. The minimum atomic E-state index is -3.81. The highest BCUT2D eigenvalue weighted by atomic mass is 35.5. The van der Waals surface area contributed by atoms with Gasteiger partial charge in [0.15, 0.2) is 0 Å². The van der Waals surface area contributed by atoms with Gasteiger partial charge >= 0.3 is 0 Å². The van der Waals surface area contributed by atoms with E-state index >= 15 is 0 Å². The molecular weight excluding hydrogens is 305 g/mol. The molecule has 0 unspecified atom stereocenters. The number of hydrogen-bond acceptors (Lipinski definition) is 3. The smallest absolute Gasteiger partial charge is 0.243 e. The van der Waals surface area contributed by atoms with Gasteiger partial charge in [-0.05, 0) is 31.5 Å². The summed E-state index contributed by atoms with van der Waals surface area (Å²) in [5.74, 6) is -0.599. The van der Waals surface area contributed by atoms with Crippen molar-refractivity contribution in [1.29, 1.82) is 0 Å². The second-order valence-corrected chi connectivity index (χ2v) is 6.71. The summed E-state index contributed by atoms with van der Waals surface area (Å²) < 4.78 is 44.9. The highest BCUT2D eigenvalue weighted by molar-refractivity contribution is 7.89. The molecule has 1 aromatic rings. The molecule has 114 valence electrons. The van der Waals surface area contributed by atoms with Crippen molar-refractivity contribution in [3.63, 3.8) is 0 Å². The zero-order valence-corrected chi connectivity index (χ0v) is 13.3. The first kappa shape index (κ1) is 17.4. The zero-order valence-electron chi connectivity index (χ0n) is 11.8. The van der Waals surface area contributed by atoms with Gasteiger partial charge in [-0.15, -0.1) is 11.6 Å². The van der Waals surface area contributed by atoms with Crippen LogP contribution in [0, 0.1) is 5.82 Å². The van der Waals surface area contributed by atoms with Crippen LogP contribution >= 0.6 is 11.6 Å². The minimum absolute atomic E-state index is 0.00502. The largest absolute Gasteiger partial charge is 0.383 e. The van der Waals surface area contributed by atoms with Crippen molar-refractivity contribution in [2.24, 2.45) is 0 Å². The number of halogens is 2. The lowest BCUT2D eigenvalue weighted by Gasteiger charge is -2.26. The Bertz CT molecular complexity index is 549. The molecule has 0 aliphatic heterocycles. The number of alkyl halides is 1. The number of nitrogens with zero attached hydrogens (tertiary/aromatic N) is 1. The van der Waals surface area contributed by atoms with E-state index in [1.54, 1.807) is 13.8 Å². The maximum absolute atomic E-state index is 13.4. The molecular formula is C13H19ClFNO3S. The summed E-state index contributed by atoms with van der Waals surface area (Å²) in [6.45, 7) is 3.98. The van der Waals surface area contributed by atoms with Crippen LogP contribution in [0.4, 0.5) is 4.39 Å². The number of benzene rings is 1. The lowest BCUT2D eigenvalue weighted by Crippen LogP contribution is -2.39. The molecule has 0 bridgehead atoms. The molecule has 1 aromatic carbocycles. The SMILES string of the molecule is COCCN(C(C)C)S(=O)(=O)c1cc(F)ccc1CCl. The van der Waals surface area contributed by atoms with Gasteiger partial charge < -0.3 is 4.74 Å².